The maximum absolute atomic E-state index is 11.6. The van der Waals surface area contributed by atoms with Gasteiger partial charge in [0.15, 0.2) is 12.5 Å². The molecule has 0 spiro atoms. The molecule has 1 aliphatic rings. The molecule has 2 N–H and O–H groups in total. The van der Waals surface area contributed by atoms with Crippen molar-refractivity contribution >= 4 is 58.0 Å². The average molecular weight is 451 g/mol. The fraction of sp³-hybridized carbons (Fsp3) is 0.444. The van der Waals surface area contributed by atoms with Gasteiger partial charge >= 0.3 is 5.97 Å². The second-order valence-corrected chi connectivity index (χ2v) is 7.63. The number of nitrogens with zero attached hydrogens (tertiary/aromatic N) is 1. The summed E-state index contributed by atoms with van der Waals surface area (Å²) in [5.41, 5.74) is 0.555. The summed E-state index contributed by atoms with van der Waals surface area (Å²) < 4.78 is 12.2. The third-order valence-electron chi connectivity index (χ3n) is 4.59. The van der Waals surface area contributed by atoms with Crippen molar-refractivity contribution in [2.75, 3.05) is 6.61 Å². The number of aliphatic hydroxyl groups is 2. The molecule has 2 heterocycles. The van der Waals surface area contributed by atoms with E-state index in [2.05, 4.69) is 0 Å². The van der Waals surface area contributed by atoms with Crippen LogP contribution in [-0.4, -0.2) is 52.0 Å². The van der Waals surface area contributed by atoms with Crippen molar-refractivity contribution in [3.8, 4) is 0 Å². The van der Waals surface area contributed by atoms with E-state index in [1.165, 1.54) is 16.7 Å². The first-order valence-corrected chi connectivity index (χ1v) is 9.74. The Morgan fingerprint density at radius 3 is 2.57 bits per heavy atom. The molecule has 2 aromatic rings. The third-order valence-corrected chi connectivity index (χ3v) is 5.70. The number of aliphatic hydroxyl groups excluding tert-OH is 2. The van der Waals surface area contributed by atoms with E-state index < -0.39 is 30.5 Å². The van der Waals surface area contributed by atoms with Gasteiger partial charge in [-0.1, -0.05) is 41.7 Å². The number of hydrogen-bond donors (Lipinski definition) is 2. The van der Waals surface area contributed by atoms with Crippen LogP contribution in [0.25, 0.3) is 10.9 Å². The van der Waals surface area contributed by atoms with E-state index in [-0.39, 0.29) is 33.8 Å². The van der Waals surface area contributed by atoms with Crippen molar-refractivity contribution in [2.24, 2.45) is 0 Å². The lowest BCUT2D eigenvalue weighted by atomic mass is 10.1. The average Bonchev–Trinajstić information content (AvgIpc) is 3.07. The van der Waals surface area contributed by atoms with Gasteiger partial charge in [-0.15, -0.1) is 0 Å². The lowest BCUT2D eigenvalue weighted by Crippen LogP contribution is -2.34. The zero-order valence-electron chi connectivity index (χ0n) is 14.8. The Kier molecular flexibility index (Phi) is 6.54. The Morgan fingerprint density at radius 2 is 1.93 bits per heavy atom. The minimum Gasteiger partial charge on any atom is -0.463 e. The van der Waals surface area contributed by atoms with E-state index in [1.54, 1.807) is 0 Å². The Balaban J connectivity index is 1.96. The highest BCUT2D eigenvalue weighted by atomic mass is 35.5. The summed E-state index contributed by atoms with van der Waals surface area (Å²) in [7, 11) is 0. The van der Waals surface area contributed by atoms with Crippen LogP contribution >= 0.6 is 34.8 Å². The molecule has 0 amide bonds. The molecular formula is C18H18Cl3NO6. The molecule has 0 saturated carbocycles. The Labute approximate surface area is 175 Å². The first kappa shape index (κ1) is 21.4. The van der Waals surface area contributed by atoms with Crippen LogP contribution in [-0.2, 0) is 14.3 Å². The lowest BCUT2D eigenvalue weighted by molar-refractivity contribution is -0.150. The van der Waals surface area contributed by atoms with Crippen LogP contribution < -0.4 is 0 Å². The van der Waals surface area contributed by atoms with Crippen molar-refractivity contribution in [1.29, 1.82) is 0 Å². The van der Waals surface area contributed by atoms with Gasteiger partial charge in [0.2, 0.25) is 0 Å². The molecule has 0 aliphatic carbocycles. The summed E-state index contributed by atoms with van der Waals surface area (Å²) >= 11 is 18.5. The van der Waals surface area contributed by atoms with Gasteiger partial charge in [-0.25, -0.2) is 0 Å². The van der Waals surface area contributed by atoms with Crippen LogP contribution in [0.4, 0.5) is 0 Å². The number of aldehydes is 1. The van der Waals surface area contributed by atoms with Gasteiger partial charge in [0.25, 0.3) is 0 Å². The molecule has 10 heteroatoms. The molecule has 28 heavy (non-hydrogen) atoms. The van der Waals surface area contributed by atoms with Gasteiger partial charge in [-0.3, -0.25) is 9.59 Å². The highest BCUT2D eigenvalue weighted by molar-refractivity contribution is 6.43. The zero-order valence-corrected chi connectivity index (χ0v) is 17.0. The van der Waals surface area contributed by atoms with E-state index in [4.69, 9.17) is 44.3 Å². The van der Waals surface area contributed by atoms with Crippen molar-refractivity contribution in [3.63, 3.8) is 0 Å². The van der Waals surface area contributed by atoms with Crippen molar-refractivity contribution < 1.29 is 29.3 Å². The number of carbonyl (C=O) groups is 2. The van der Waals surface area contributed by atoms with E-state index in [9.17, 15) is 19.8 Å². The van der Waals surface area contributed by atoms with Gasteiger partial charge in [-0.2, -0.15) is 0 Å². The summed E-state index contributed by atoms with van der Waals surface area (Å²) in [6, 6.07) is 2.99. The van der Waals surface area contributed by atoms with Gasteiger partial charge in [0.05, 0.1) is 21.1 Å². The SMILES string of the molecule is CCCC(=O)OC[C@H]1OC(n2c(Cl)c(C=O)c3cc(Cl)c(Cl)cc32)[C@H](O)[C@@H]1O. The number of ether oxygens (including phenoxy) is 2. The predicted octanol–water partition coefficient (Wildman–Crippen LogP) is 3.38. The number of carbonyl (C=O) groups excluding carboxylic acids is 2. The lowest BCUT2D eigenvalue weighted by Gasteiger charge is -2.19. The van der Waals surface area contributed by atoms with Crippen molar-refractivity contribution in [1.82, 2.24) is 4.57 Å². The number of esters is 1. The minimum absolute atomic E-state index is 0.00297. The molecule has 1 aromatic heterocycles. The normalized spacial score (nSPS) is 24.6. The smallest absolute Gasteiger partial charge is 0.305 e. The predicted molar refractivity (Wildman–Crippen MR) is 104 cm³/mol. The maximum atomic E-state index is 11.6. The van der Waals surface area contributed by atoms with Gasteiger partial charge in [0, 0.05) is 11.8 Å². The second-order valence-electron chi connectivity index (χ2n) is 6.46. The largest absolute Gasteiger partial charge is 0.463 e. The first-order chi connectivity index (χ1) is 13.3. The Hall–Kier alpha value is -1.35. The second kappa shape index (κ2) is 8.57. The Morgan fingerprint density at radius 1 is 1.25 bits per heavy atom. The van der Waals surface area contributed by atoms with Crippen LogP contribution in [0.5, 0.6) is 0 Å². The molecular weight excluding hydrogens is 433 g/mol. The van der Waals surface area contributed by atoms with Crippen molar-refractivity contribution in [2.45, 2.75) is 44.3 Å². The number of rotatable bonds is 6. The number of hydrogen-bond acceptors (Lipinski definition) is 6. The summed E-state index contributed by atoms with van der Waals surface area (Å²) in [5.74, 6) is -0.426. The molecule has 1 aliphatic heterocycles. The van der Waals surface area contributed by atoms with E-state index in [1.807, 2.05) is 6.92 Å². The van der Waals surface area contributed by atoms with E-state index in [0.717, 1.165) is 0 Å². The monoisotopic (exact) mass is 449 g/mol. The molecule has 1 saturated heterocycles. The third kappa shape index (κ3) is 3.75. The summed E-state index contributed by atoms with van der Waals surface area (Å²) in [5, 5.41) is 21.7. The molecule has 3 rings (SSSR count). The molecule has 1 fully saturated rings. The molecule has 0 radical (unpaired) electrons. The molecule has 4 atom stereocenters. The number of aromatic nitrogens is 1. The van der Waals surface area contributed by atoms with Crippen LogP contribution in [0, 0.1) is 0 Å². The van der Waals surface area contributed by atoms with E-state index in [0.29, 0.717) is 23.6 Å². The molecule has 1 unspecified atom stereocenters. The first-order valence-electron chi connectivity index (χ1n) is 8.61. The van der Waals surface area contributed by atoms with Crippen LogP contribution in [0.3, 0.4) is 0 Å². The van der Waals surface area contributed by atoms with Gasteiger partial charge in [0.1, 0.15) is 30.1 Å². The standard InChI is InChI=1S/C18H18Cl3NO6/c1-2-3-14(24)27-7-13-15(25)16(26)18(28-13)22-12-5-11(20)10(19)4-8(12)9(6-23)17(22)21/h4-6,13,15-16,18,25-26H,2-3,7H2,1H3/t13-,15-,16-,18?/m1/s1. The van der Waals surface area contributed by atoms with Gasteiger partial charge < -0.3 is 24.3 Å². The number of fused-ring (bicyclic) bond motifs is 1. The summed E-state index contributed by atoms with van der Waals surface area (Å²) in [6.07, 6.45) is -3.35. The van der Waals surface area contributed by atoms with E-state index >= 15 is 0 Å². The zero-order chi connectivity index (χ0) is 20.6. The topological polar surface area (TPSA) is 98.0 Å². The van der Waals surface area contributed by atoms with Crippen LogP contribution in [0.2, 0.25) is 15.2 Å². The molecule has 7 nitrogen and oxygen atoms in total. The fourth-order valence-corrected chi connectivity index (χ4v) is 3.85. The van der Waals surface area contributed by atoms with Crippen LogP contribution in [0.1, 0.15) is 36.4 Å². The Bertz CT molecular complexity index is 915. The molecule has 0 bridgehead atoms. The highest BCUT2D eigenvalue weighted by Gasteiger charge is 2.45. The summed E-state index contributed by atoms with van der Waals surface area (Å²) in [4.78, 5) is 23.1. The van der Waals surface area contributed by atoms with Crippen molar-refractivity contribution in [3.05, 3.63) is 32.9 Å². The number of halogens is 3. The summed E-state index contributed by atoms with van der Waals surface area (Å²) in [6.45, 7) is 1.61. The number of benzene rings is 1. The van der Waals surface area contributed by atoms with Gasteiger partial charge in [-0.05, 0) is 18.6 Å². The quantitative estimate of drug-likeness (QED) is 0.517. The molecule has 152 valence electrons. The fourth-order valence-electron chi connectivity index (χ4n) is 3.19. The maximum Gasteiger partial charge on any atom is 0.305 e. The van der Waals surface area contributed by atoms with Crippen LogP contribution in [0.15, 0.2) is 12.1 Å². The molecule has 1 aromatic carbocycles. The minimum atomic E-state index is -1.38. The highest BCUT2D eigenvalue weighted by Crippen LogP contribution is 2.40.